The van der Waals surface area contributed by atoms with E-state index >= 15 is 0 Å². The topological polar surface area (TPSA) is 213 Å². The van der Waals surface area contributed by atoms with Crippen LogP contribution in [0.1, 0.15) is 40.1 Å². The SMILES string of the molecule is Cc1nn(-c2ncccc2CNCC(N)=O)cc1CN1CCC2(CC1)OCC(F)(F)c1cc(Cl)sc12.O=C(O)[C@H](O)[C@@H](O)C(=O)O. The summed E-state index contributed by atoms with van der Waals surface area (Å²) in [5.74, 6) is -6.29. The highest BCUT2D eigenvalue weighted by molar-refractivity contribution is 7.16. The number of hydrogen-bond acceptors (Lipinski definition) is 11. The summed E-state index contributed by atoms with van der Waals surface area (Å²) in [6.07, 6.45) is 0.377. The fourth-order valence-electron chi connectivity index (χ4n) is 5.15. The fraction of sp³-hybridized carbons (Fsp3) is 0.464. The van der Waals surface area contributed by atoms with Crippen LogP contribution in [0.5, 0.6) is 0 Å². The van der Waals surface area contributed by atoms with E-state index in [1.54, 1.807) is 10.9 Å². The second-order valence-electron chi connectivity index (χ2n) is 10.9. The Bertz CT molecular complexity index is 1560. The van der Waals surface area contributed by atoms with Gasteiger partial charge in [-0.3, -0.25) is 9.69 Å². The predicted molar refractivity (Wildman–Crippen MR) is 160 cm³/mol. The van der Waals surface area contributed by atoms with Crippen LogP contribution in [0.2, 0.25) is 4.34 Å². The molecule has 0 saturated carbocycles. The Morgan fingerprint density at radius 1 is 1.17 bits per heavy atom. The molecule has 3 aromatic rings. The average Bonchev–Trinajstić information content (AvgIpc) is 3.59. The van der Waals surface area contributed by atoms with E-state index < -0.39 is 48.2 Å². The summed E-state index contributed by atoms with van der Waals surface area (Å²) in [5.41, 5.74) is 7.37. The fourth-order valence-corrected chi connectivity index (χ4v) is 6.63. The lowest BCUT2D eigenvalue weighted by atomic mass is 9.84. The molecule has 5 heterocycles. The number of fused-ring (bicyclic) bond motifs is 2. The Morgan fingerprint density at radius 2 is 1.83 bits per heavy atom. The number of rotatable bonds is 10. The van der Waals surface area contributed by atoms with Gasteiger partial charge in [0.2, 0.25) is 5.91 Å². The van der Waals surface area contributed by atoms with Crippen molar-refractivity contribution in [2.75, 3.05) is 26.2 Å². The number of aliphatic carboxylic acids is 2. The first kappa shape index (κ1) is 35.3. The van der Waals surface area contributed by atoms with Crippen LogP contribution >= 0.6 is 22.9 Å². The van der Waals surface area contributed by atoms with E-state index in [-0.39, 0.29) is 12.1 Å². The minimum absolute atomic E-state index is 0.0193. The van der Waals surface area contributed by atoms with Crippen LogP contribution in [0.15, 0.2) is 30.6 Å². The number of halogens is 3. The van der Waals surface area contributed by atoms with E-state index in [9.17, 15) is 23.2 Å². The van der Waals surface area contributed by atoms with E-state index in [0.717, 1.165) is 16.8 Å². The average molecular weight is 687 g/mol. The molecule has 0 radical (unpaired) electrons. The van der Waals surface area contributed by atoms with Crippen molar-refractivity contribution < 1.29 is 48.3 Å². The minimum atomic E-state index is -3.01. The highest BCUT2D eigenvalue weighted by Crippen LogP contribution is 2.52. The Hall–Kier alpha value is -3.58. The summed E-state index contributed by atoms with van der Waals surface area (Å²) in [6, 6.07) is 5.15. The number of nitrogens with one attached hydrogen (secondary N) is 1. The van der Waals surface area contributed by atoms with Gasteiger partial charge in [0.05, 0.1) is 16.6 Å². The number of nitrogens with two attached hydrogens (primary N) is 1. The molecule has 0 unspecified atom stereocenters. The number of carboxylic acid groups (broad SMARTS) is 2. The number of primary amides is 1. The molecule has 2 aliphatic rings. The third-order valence-corrected chi connectivity index (χ3v) is 9.05. The number of likely N-dealkylation sites (tertiary alicyclic amines) is 1. The number of ether oxygens (including phenoxy) is 1. The second-order valence-corrected chi connectivity index (χ2v) is 12.5. The van der Waals surface area contributed by atoms with E-state index in [1.165, 1.54) is 17.4 Å². The Labute approximate surface area is 270 Å². The van der Waals surface area contributed by atoms with Gasteiger partial charge >= 0.3 is 11.9 Å². The lowest BCUT2D eigenvalue weighted by molar-refractivity contribution is -0.182. The molecule has 1 spiro atoms. The molecule has 1 saturated heterocycles. The number of thiophene rings is 1. The van der Waals surface area contributed by atoms with Crippen molar-refractivity contribution in [1.29, 1.82) is 0 Å². The van der Waals surface area contributed by atoms with E-state index in [2.05, 4.69) is 20.3 Å². The first-order valence-corrected chi connectivity index (χ1v) is 15.2. The number of carboxylic acids is 2. The third kappa shape index (κ3) is 8.03. The molecule has 0 aromatic carbocycles. The molecule has 5 rings (SSSR count). The van der Waals surface area contributed by atoms with Crippen LogP contribution < -0.4 is 11.1 Å². The molecule has 250 valence electrons. The number of aryl methyl sites for hydroxylation is 1. The highest BCUT2D eigenvalue weighted by atomic mass is 35.5. The minimum Gasteiger partial charge on any atom is -0.479 e. The smallest absolute Gasteiger partial charge is 0.335 e. The number of carbonyl (C=O) groups is 3. The summed E-state index contributed by atoms with van der Waals surface area (Å²) in [6.45, 7) is 3.94. The number of piperidine rings is 1. The summed E-state index contributed by atoms with van der Waals surface area (Å²) in [7, 11) is 0. The van der Waals surface area contributed by atoms with E-state index in [0.29, 0.717) is 54.1 Å². The summed E-state index contributed by atoms with van der Waals surface area (Å²) < 4.78 is 36.8. The zero-order chi connectivity index (χ0) is 33.8. The van der Waals surface area contributed by atoms with Gasteiger partial charge in [-0.05, 0) is 31.9 Å². The van der Waals surface area contributed by atoms with Crippen molar-refractivity contribution in [3.63, 3.8) is 0 Å². The van der Waals surface area contributed by atoms with Gasteiger partial charge in [0.25, 0.3) is 5.92 Å². The van der Waals surface area contributed by atoms with Crippen molar-refractivity contribution >= 4 is 40.8 Å². The van der Waals surface area contributed by atoms with Gasteiger partial charge in [0.15, 0.2) is 18.0 Å². The largest absolute Gasteiger partial charge is 0.479 e. The molecule has 0 aliphatic carbocycles. The van der Waals surface area contributed by atoms with Gasteiger partial charge in [-0.2, -0.15) is 13.9 Å². The molecule has 2 atom stereocenters. The van der Waals surface area contributed by atoms with Crippen LogP contribution in [0.3, 0.4) is 0 Å². The van der Waals surface area contributed by atoms with Gasteiger partial charge in [0, 0.05) is 60.1 Å². The number of alkyl halides is 2. The maximum absolute atomic E-state index is 14.4. The number of carbonyl (C=O) groups excluding carboxylic acids is 1. The monoisotopic (exact) mass is 686 g/mol. The van der Waals surface area contributed by atoms with Crippen molar-refractivity contribution in [2.24, 2.45) is 5.73 Å². The summed E-state index contributed by atoms with van der Waals surface area (Å²) in [5, 5.41) is 40.2. The molecule has 18 heteroatoms. The second kappa shape index (κ2) is 14.5. The van der Waals surface area contributed by atoms with Crippen molar-refractivity contribution in [3.8, 4) is 5.82 Å². The van der Waals surface area contributed by atoms with Crippen LogP contribution in [0, 0.1) is 6.92 Å². The standard InChI is InChI=1S/C24H27ClF2N6O2S.C4H6O6/c1-15-17(13-33(31-15)22-16(3-2-6-30-22)10-29-11-20(28)34)12-32-7-4-23(5-8-32)21-18(9-19(25)36-21)24(26,27)14-35-23;5-1(3(7)8)2(6)4(9)10/h2-3,6,9,13,29H,4-5,7-8,10-12,14H2,1H3,(H2,28,34);1-2,5-6H,(H,7,8)(H,9,10)/t;1-,2-/m.1/s1. The maximum atomic E-state index is 14.4. The van der Waals surface area contributed by atoms with Crippen LogP contribution in [-0.2, 0) is 43.7 Å². The predicted octanol–water partition coefficient (Wildman–Crippen LogP) is 1.36. The van der Waals surface area contributed by atoms with Crippen LogP contribution in [0.4, 0.5) is 8.78 Å². The number of aliphatic hydroxyl groups excluding tert-OH is 2. The first-order valence-electron chi connectivity index (χ1n) is 14.0. The molecular formula is C28H33ClF2N6O8S. The Balaban J connectivity index is 0.000000416. The maximum Gasteiger partial charge on any atom is 0.335 e. The lowest BCUT2D eigenvalue weighted by Crippen LogP contribution is -2.48. The lowest BCUT2D eigenvalue weighted by Gasteiger charge is -2.45. The zero-order valence-electron chi connectivity index (χ0n) is 24.5. The molecule has 0 bridgehead atoms. The van der Waals surface area contributed by atoms with Gasteiger partial charge in [0.1, 0.15) is 12.2 Å². The number of aromatic nitrogens is 3. The van der Waals surface area contributed by atoms with Gasteiger partial charge in [-0.25, -0.2) is 19.3 Å². The molecule has 2 aliphatic heterocycles. The van der Waals surface area contributed by atoms with Gasteiger partial charge in [-0.15, -0.1) is 11.3 Å². The Kier molecular flexibility index (Phi) is 11.1. The number of pyridine rings is 1. The normalized spacial score (nSPS) is 18.2. The molecule has 3 aromatic heterocycles. The first-order chi connectivity index (χ1) is 21.6. The molecule has 1 amide bonds. The number of aliphatic hydroxyl groups is 2. The van der Waals surface area contributed by atoms with Gasteiger partial charge in [-0.1, -0.05) is 17.7 Å². The third-order valence-electron chi connectivity index (χ3n) is 7.60. The Morgan fingerprint density at radius 3 is 2.43 bits per heavy atom. The number of hydrogen-bond donors (Lipinski definition) is 6. The molecule has 46 heavy (non-hydrogen) atoms. The zero-order valence-corrected chi connectivity index (χ0v) is 26.1. The quantitative estimate of drug-likeness (QED) is 0.178. The molecule has 14 nitrogen and oxygen atoms in total. The van der Waals surface area contributed by atoms with Crippen molar-refractivity contribution in [2.45, 2.75) is 56.6 Å². The van der Waals surface area contributed by atoms with Crippen molar-refractivity contribution in [1.82, 2.24) is 25.0 Å². The highest BCUT2D eigenvalue weighted by Gasteiger charge is 2.51. The number of nitrogens with zero attached hydrogens (tertiary/aromatic N) is 4. The number of amides is 1. The summed E-state index contributed by atoms with van der Waals surface area (Å²) in [4.78, 5) is 37.9. The van der Waals surface area contributed by atoms with Crippen LogP contribution in [0.25, 0.3) is 5.82 Å². The van der Waals surface area contributed by atoms with Crippen molar-refractivity contribution in [3.05, 3.63) is 62.2 Å². The molecule has 1 fully saturated rings. The van der Waals surface area contributed by atoms with E-state index in [4.69, 9.17) is 42.5 Å². The molecular weight excluding hydrogens is 654 g/mol. The van der Waals surface area contributed by atoms with E-state index in [1.807, 2.05) is 25.3 Å². The van der Waals surface area contributed by atoms with Gasteiger partial charge < -0.3 is 36.2 Å². The van der Waals surface area contributed by atoms with Crippen LogP contribution in [-0.4, -0.2) is 96.4 Å². The molecule has 7 N–H and O–H groups in total. The summed E-state index contributed by atoms with van der Waals surface area (Å²) >= 11 is 7.33.